The average molecular weight is 403 g/mol. The molecular formula is C27H32NO2+. The summed E-state index contributed by atoms with van der Waals surface area (Å²) < 4.78 is 11.6. The second kappa shape index (κ2) is 10.3. The monoisotopic (exact) mass is 402 g/mol. The number of ether oxygens (including phenoxy) is 2. The van der Waals surface area contributed by atoms with E-state index in [1.165, 1.54) is 43.5 Å². The van der Waals surface area contributed by atoms with Gasteiger partial charge in [0.15, 0.2) is 11.5 Å². The maximum Gasteiger partial charge on any atom is 0.161 e. The standard InChI is InChI=1S/C27H31NO2/c1-29-27-19-25(12-13-26(27)30-21-24-10-6-3-7-11-24)20-28-16-14-23(15-17-28)18-22-8-4-2-5-9-22/h2-13,19,23H,14-18,20-21H2,1H3/p+1. The Labute approximate surface area is 180 Å². The van der Waals surface area contributed by atoms with Gasteiger partial charge < -0.3 is 14.4 Å². The molecule has 4 rings (SSSR count). The minimum Gasteiger partial charge on any atom is -0.493 e. The van der Waals surface area contributed by atoms with Gasteiger partial charge in [0.25, 0.3) is 0 Å². The van der Waals surface area contributed by atoms with E-state index in [1.54, 1.807) is 12.0 Å². The van der Waals surface area contributed by atoms with Crippen molar-refractivity contribution in [3.8, 4) is 11.5 Å². The first-order valence-electron chi connectivity index (χ1n) is 11.0. The Balaban J connectivity index is 1.29. The molecule has 0 aromatic heterocycles. The molecule has 156 valence electrons. The molecule has 1 aliphatic rings. The Hall–Kier alpha value is -2.78. The molecule has 0 spiro atoms. The number of rotatable bonds is 8. The lowest BCUT2D eigenvalue weighted by Gasteiger charge is -2.29. The summed E-state index contributed by atoms with van der Waals surface area (Å²) in [5.74, 6) is 2.45. The highest BCUT2D eigenvalue weighted by Gasteiger charge is 2.22. The summed E-state index contributed by atoms with van der Waals surface area (Å²) in [6, 6.07) is 27.5. The number of hydrogen-bond donors (Lipinski definition) is 1. The molecule has 1 N–H and O–H groups in total. The zero-order valence-corrected chi connectivity index (χ0v) is 17.8. The summed E-state index contributed by atoms with van der Waals surface area (Å²) in [6.45, 7) is 4.09. The molecule has 1 aliphatic heterocycles. The quantitative estimate of drug-likeness (QED) is 0.607. The fourth-order valence-corrected chi connectivity index (χ4v) is 4.38. The highest BCUT2D eigenvalue weighted by molar-refractivity contribution is 5.43. The summed E-state index contributed by atoms with van der Waals surface area (Å²) >= 11 is 0. The van der Waals surface area contributed by atoms with Crippen LogP contribution >= 0.6 is 0 Å². The molecule has 1 fully saturated rings. The predicted molar refractivity (Wildman–Crippen MR) is 121 cm³/mol. The highest BCUT2D eigenvalue weighted by Crippen LogP contribution is 2.28. The first-order chi connectivity index (χ1) is 14.8. The molecule has 3 heteroatoms. The van der Waals surface area contributed by atoms with Crippen LogP contribution in [0.1, 0.15) is 29.5 Å². The Kier molecular flexibility index (Phi) is 7.04. The minimum atomic E-state index is 0.552. The Morgan fingerprint density at radius 2 is 1.43 bits per heavy atom. The van der Waals surface area contributed by atoms with Crippen LogP contribution in [0.5, 0.6) is 11.5 Å². The number of piperidine rings is 1. The van der Waals surface area contributed by atoms with E-state index in [4.69, 9.17) is 9.47 Å². The molecule has 0 atom stereocenters. The third-order valence-electron chi connectivity index (χ3n) is 6.10. The zero-order chi connectivity index (χ0) is 20.6. The highest BCUT2D eigenvalue weighted by atomic mass is 16.5. The number of nitrogens with one attached hydrogen (secondary N) is 1. The topological polar surface area (TPSA) is 22.9 Å². The van der Waals surface area contributed by atoms with E-state index in [0.29, 0.717) is 6.61 Å². The van der Waals surface area contributed by atoms with Crippen LogP contribution in [0.3, 0.4) is 0 Å². The molecule has 0 radical (unpaired) electrons. The van der Waals surface area contributed by atoms with E-state index in [1.807, 2.05) is 18.2 Å². The second-order valence-corrected chi connectivity index (χ2v) is 8.32. The molecule has 1 heterocycles. The summed E-state index contributed by atoms with van der Waals surface area (Å²) in [6.07, 6.45) is 3.83. The molecule has 0 bridgehead atoms. The molecule has 0 unspecified atom stereocenters. The average Bonchev–Trinajstić information content (AvgIpc) is 2.81. The van der Waals surface area contributed by atoms with Gasteiger partial charge in [0.05, 0.1) is 20.2 Å². The molecule has 1 saturated heterocycles. The molecule has 3 aromatic rings. The largest absolute Gasteiger partial charge is 0.493 e. The van der Waals surface area contributed by atoms with Gasteiger partial charge in [-0.3, -0.25) is 0 Å². The predicted octanol–water partition coefficient (Wildman–Crippen LogP) is 4.31. The van der Waals surface area contributed by atoms with E-state index >= 15 is 0 Å². The van der Waals surface area contributed by atoms with E-state index in [-0.39, 0.29) is 0 Å². The number of likely N-dealkylation sites (tertiary alicyclic amines) is 1. The number of hydrogen-bond acceptors (Lipinski definition) is 2. The van der Waals surface area contributed by atoms with E-state index < -0.39 is 0 Å². The number of methoxy groups -OCH3 is 1. The lowest BCUT2D eigenvalue weighted by atomic mass is 9.90. The Morgan fingerprint density at radius 3 is 2.10 bits per heavy atom. The summed E-state index contributed by atoms with van der Waals surface area (Å²) in [7, 11) is 1.72. The van der Waals surface area contributed by atoms with Crippen LogP contribution < -0.4 is 14.4 Å². The fourth-order valence-electron chi connectivity index (χ4n) is 4.38. The van der Waals surface area contributed by atoms with Crippen LogP contribution in [-0.2, 0) is 19.6 Å². The van der Waals surface area contributed by atoms with Gasteiger partial charge in [-0.05, 0) is 54.5 Å². The first-order valence-corrected chi connectivity index (χ1v) is 11.0. The van der Waals surface area contributed by atoms with Crippen molar-refractivity contribution in [3.63, 3.8) is 0 Å². The van der Waals surface area contributed by atoms with Crippen molar-refractivity contribution >= 4 is 0 Å². The van der Waals surface area contributed by atoms with Crippen molar-refractivity contribution < 1.29 is 14.4 Å². The van der Waals surface area contributed by atoms with E-state index in [9.17, 15) is 0 Å². The van der Waals surface area contributed by atoms with Crippen LogP contribution in [0.2, 0.25) is 0 Å². The van der Waals surface area contributed by atoms with Crippen LogP contribution in [-0.4, -0.2) is 20.2 Å². The molecule has 3 nitrogen and oxygen atoms in total. The van der Waals surface area contributed by atoms with Crippen molar-refractivity contribution in [1.29, 1.82) is 0 Å². The summed E-state index contributed by atoms with van der Waals surface area (Å²) in [5, 5.41) is 0. The molecular weight excluding hydrogens is 370 g/mol. The van der Waals surface area contributed by atoms with Gasteiger partial charge in [0.2, 0.25) is 0 Å². The van der Waals surface area contributed by atoms with Crippen molar-refractivity contribution in [2.24, 2.45) is 5.92 Å². The minimum absolute atomic E-state index is 0.552. The molecule has 0 amide bonds. The molecule has 0 saturated carbocycles. The van der Waals surface area contributed by atoms with Gasteiger partial charge in [-0.1, -0.05) is 60.7 Å². The Morgan fingerprint density at radius 1 is 0.767 bits per heavy atom. The van der Waals surface area contributed by atoms with Crippen molar-refractivity contribution in [3.05, 3.63) is 95.6 Å². The van der Waals surface area contributed by atoms with Crippen molar-refractivity contribution in [2.75, 3.05) is 20.2 Å². The van der Waals surface area contributed by atoms with Crippen LogP contribution in [0.4, 0.5) is 0 Å². The normalized spacial score (nSPS) is 18.7. The van der Waals surface area contributed by atoms with E-state index in [2.05, 4.69) is 60.7 Å². The van der Waals surface area contributed by atoms with E-state index in [0.717, 1.165) is 29.5 Å². The van der Waals surface area contributed by atoms with Gasteiger partial charge in [0, 0.05) is 5.56 Å². The third-order valence-corrected chi connectivity index (χ3v) is 6.10. The number of quaternary nitrogens is 1. The maximum absolute atomic E-state index is 6.00. The second-order valence-electron chi connectivity index (χ2n) is 8.32. The Bertz CT molecular complexity index is 903. The third kappa shape index (κ3) is 5.64. The maximum atomic E-state index is 6.00. The van der Waals surface area contributed by atoms with Gasteiger partial charge in [-0.25, -0.2) is 0 Å². The molecule has 3 aromatic carbocycles. The van der Waals surface area contributed by atoms with Crippen molar-refractivity contribution in [2.45, 2.75) is 32.4 Å². The molecule has 30 heavy (non-hydrogen) atoms. The summed E-state index contributed by atoms with van der Waals surface area (Å²) in [5.41, 5.74) is 3.95. The smallest absolute Gasteiger partial charge is 0.161 e. The SMILES string of the molecule is COc1cc(C[NH+]2CCC(Cc3ccccc3)CC2)ccc1OCc1ccccc1. The lowest BCUT2D eigenvalue weighted by Crippen LogP contribution is -3.11. The van der Waals surface area contributed by atoms with Gasteiger partial charge in [0.1, 0.15) is 13.2 Å². The molecule has 0 aliphatic carbocycles. The van der Waals surface area contributed by atoms with Gasteiger partial charge in [-0.2, -0.15) is 0 Å². The van der Waals surface area contributed by atoms with Crippen LogP contribution in [0.25, 0.3) is 0 Å². The van der Waals surface area contributed by atoms with Crippen LogP contribution in [0, 0.1) is 5.92 Å². The number of benzene rings is 3. The van der Waals surface area contributed by atoms with Gasteiger partial charge >= 0.3 is 0 Å². The summed E-state index contributed by atoms with van der Waals surface area (Å²) in [4.78, 5) is 1.67. The van der Waals surface area contributed by atoms with Crippen molar-refractivity contribution in [1.82, 2.24) is 0 Å². The fraction of sp³-hybridized carbons (Fsp3) is 0.333. The first kappa shape index (κ1) is 20.5. The van der Waals surface area contributed by atoms with Gasteiger partial charge in [-0.15, -0.1) is 0 Å². The van der Waals surface area contributed by atoms with Crippen LogP contribution in [0.15, 0.2) is 78.9 Å². The lowest BCUT2D eigenvalue weighted by molar-refractivity contribution is -0.919. The zero-order valence-electron chi connectivity index (χ0n) is 17.8.